The molecule has 20 heavy (non-hydrogen) atoms. The smallest absolute Gasteiger partial charge is 0.409 e. The molecule has 1 aromatic rings. The van der Waals surface area contributed by atoms with Crippen molar-refractivity contribution in [1.82, 2.24) is 9.80 Å². The first-order valence-electron chi connectivity index (χ1n) is 6.20. The summed E-state index contributed by atoms with van der Waals surface area (Å²) >= 11 is 3.31. The van der Waals surface area contributed by atoms with Gasteiger partial charge in [-0.2, -0.15) is 0 Å². The lowest BCUT2D eigenvalue weighted by atomic mass is 10.1. The van der Waals surface area contributed by atoms with E-state index >= 15 is 0 Å². The molecule has 2 rings (SSSR count). The van der Waals surface area contributed by atoms with Gasteiger partial charge in [0.15, 0.2) is 0 Å². The molecule has 0 spiro atoms. The predicted molar refractivity (Wildman–Crippen MR) is 78.4 cm³/mol. The number of nitrogen functional groups attached to an aromatic ring is 1. The Morgan fingerprint density at radius 3 is 2.35 bits per heavy atom. The van der Waals surface area contributed by atoms with Crippen LogP contribution in [-0.2, 0) is 4.74 Å². The Kier molecular flexibility index (Phi) is 4.49. The van der Waals surface area contributed by atoms with Crippen molar-refractivity contribution < 1.29 is 14.3 Å². The predicted octanol–water partition coefficient (Wildman–Crippen LogP) is 1.56. The number of halogens is 1. The largest absolute Gasteiger partial charge is 0.453 e. The molecule has 108 valence electrons. The number of rotatable bonds is 1. The summed E-state index contributed by atoms with van der Waals surface area (Å²) in [4.78, 5) is 27.0. The molecule has 7 heteroatoms. The van der Waals surface area contributed by atoms with Gasteiger partial charge in [0.05, 0.1) is 7.11 Å². The fraction of sp³-hybridized carbons (Fsp3) is 0.385. The van der Waals surface area contributed by atoms with Crippen molar-refractivity contribution in [2.75, 3.05) is 39.0 Å². The van der Waals surface area contributed by atoms with E-state index in [2.05, 4.69) is 20.7 Å². The number of ether oxygens (including phenoxy) is 1. The van der Waals surface area contributed by atoms with Crippen molar-refractivity contribution >= 4 is 33.6 Å². The molecule has 1 aromatic carbocycles. The summed E-state index contributed by atoms with van der Waals surface area (Å²) in [5.74, 6) is -0.0600. The molecular formula is C13H16BrN3O3. The Hall–Kier alpha value is -1.76. The first kappa shape index (κ1) is 14.6. The maximum atomic E-state index is 12.3. The Bertz CT molecular complexity index is 528. The van der Waals surface area contributed by atoms with Gasteiger partial charge in [-0.1, -0.05) is 0 Å². The molecule has 1 aliphatic rings. The first-order chi connectivity index (χ1) is 9.52. The van der Waals surface area contributed by atoms with Gasteiger partial charge in [0.2, 0.25) is 0 Å². The van der Waals surface area contributed by atoms with Crippen LogP contribution in [0.25, 0.3) is 0 Å². The van der Waals surface area contributed by atoms with Gasteiger partial charge in [0.25, 0.3) is 5.91 Å². The number of nitrogens with zero attached hydrogens (tertiary/aromatic N) is 2. The summed E-state index contributed by atoms with van der Waals surface area (Å²) in [5.41, 5.74) is 6.88. The van der Waals surface area contributed by atoms with Gasteiger partial charge in [0, 0.05) is 41.9 Å². The van der Waals surface area contributed by atoms with Crippen LogP contribution in [0.3, 0.4) is 0 Å². The number of amides is 2. The monoisotopic (exact) mass is 341 g/mol. The molecule has 0 bridgehead atoms. The average molecular weight is 342 g/mol. The molecule has 1 aliphatic heterocycles. The third kappa shape index (κ3) is 3.04. The molecule has 1 saturated heterocycles. The van der Waals surface area contributed by atoms with E-state index in [4.69, 9.17) is 5.73 Å². The van der Waals surface area contributed by atoms with Gasteiger partial charge >= 0.3 is 6.09 Å². The van der Waals surface area contributed by atoms with Gasteiger partial charge in [0.1, 0.15) is 0 Å². The van der Waals surface area contributed by atoms with E-state index in [1.807, 2.05) is 0 Å². The van der Waals surface area contributed by atoms with Crippen molar-refractivity contribution in [3.05, 3.63) is 28.2 Å². The highest BCUT2D eigenvalue weighted by Gasteiger charge is 2.25. The second-order valence-electron chi connectivity index (χ2n) is 4.49. The van der Waals surface area contributed by atoms with E-state index in [9.17, 15) is 9.59 Å². The van der Waals surface area contributed by atoms with Crippen LogP contribution in [0.1, 0.15) is 10.4 Å². The van der Waals surface area contributed by atoms with Crippen LogP contribution in [-0.4, -0.2) is 55.1 Å². The Balaban J connectivity index is 2.01. The van der Waals surface area contributed by atoms with Crippen molar-refractivity contribution in [2.45, 2.75) is 0 Å². The molecule has 0 saturated carbocycles. The van der Waals surface area contributed by atoms with Crippen LogP contribution in [0.15, 0.2) is 22.7 Å². The molecule has 2 amide bonds. The lowest BCUT2D eigenvalue weighted by molar-refractivity contribution is 0.0599. The lowest BCUT2D eigenvalue weighted by Gasteiger charge is -2.33. The summed E-state index contributed by atoms with van der Waals surface area (Å²) in [6.07, 6.45) is -0.354. The molecule has 1 fully saturated rings. The zero-order chi connectivity index (χ0) is 14.7. The summed E-state index contributed by atoms with van der Waals surface area (Å²) in [5, 5.41) is 0. The van der Waals surface area contributed by atoms with Crippen molar-refractivity contribution in [3.8, 4) is 0 Å². The Labute approximate surface area is 125 Å². The number of carbonyl (C=O) groups is 2. The summed E-state index contributed by atoms with van der Waals surface area (Å²) in [6, 6.07) is 5.11. The second kappa shape index (κ2) is 6.13. The van der Waals surface area contributed by atoms with Crippen LogP contribution in [0.4, 0.5) is 10.5 Å². The number of carbonyl (C=O) groups excluding carboxylic acids is 2. The van der Waals surface area contributed by atoms with Crippen LogP contribution in [0, 0.1) is 0 Å². The number of methoxy groups -OCH3 is 1. The minimum absolute atomic E-state index is 0.0600. The number of piperazine rings is 1. The zero-order valence-corrected chi connectivity index (χ0v) is 12.7. The molecule has 2 N–H and O–H groups in total. The van der Waals surface area contributed by atoms with Crippen molar-refractivity contribution in [3.63, 3.8) is 0 Å². The molecular weight excluding hydrogens is 326 g/mol. The fourth-order valence-electron chi connectivity index (χ4n) is 2.06. The summed E-state index contributed by atoms with van der Waals surface area (Å²) in [6.45, 7) is 1.95. The molecule has 0 atom stereocenters. The normalized spacial score (nSPS) is 15.1. The second-order valence-corrected chi connectivity index (χ2v) is 5.34. The van der Waals surface area contributed by atoms with Gasteiger partial charge in [-0.25, -0.2) is 4.79 Å². The van der Waals surface area contributed by atoms with Crippen LogP contribution in [0.5, 0.6) is 0 Å². The van der Waals surface area contributed by atoms with Gasteiger partial charge in [-0.05, 0) is 34.1 Å². The molecule has 0 aromatic heterocycles. The van der Waals surface area contributed by atoms with Crippen molar-refractivity contribution in [2.24, 2.45) is 0 Å². The minimum atomic E-state index is -0.354. The number of hydrogen-bond donors (Lipinski definition) is 1. The van der Waals surface area contributed by atoms with Gasteiger partial charge in [-0.3, -0.25) is 4.79 Å². The Morgan fingerprint density at radius 1 is 1.20 bits per heavy atom. The number of anilines is 1. The summed E-state index contributed by atoms with van der Waals surface area (Å²) < 4.78 is 5.37. The number of benzene rings is 1. The van der Waals surface area contributed by atoms with Crippen LogP contribution in [0.2, 0.25) is 0 Å². The summed E-state index contributed by atoms with van der Waals surface area (Å²) in [7, 11) is 1.35. The maximum Gasteiger partial charge on any atom is 0.409 e. The van der Waals surface area contributed by atoms with Crippen LogP contribution < -0.4 is 5.73 Å². The topological polar surface area (TPSA) is 75.9 Å². The van der Waals surface area contributed by atoms with Crippen LogP contribution >= 0.6 is 15.9 Å². The lowest BCUT2D eigenvalue weighted by Crippen LogP contribution is -2.50. The van der Waals surface area contributed by atoms with E-state index in [-0.39, 0.29) is 12.0 Å². The molecule has 0 aliphatic carbocycles. The maximum absolute atomic E-state index is 12.3. The minimum Gasteiger partial charge on any atom is -0.453 e. The fourth-order valence-corrected chi connectivity index (χ4v) is 2.44. The molecule has 1 heterocycles. The van der Waals surface area contributed by atoms with E-state index < -0.39 is 0 Å². The molecule has 6 nitrogen and oxygen atoms in total. The first-order valence-corrected chi connectivity index (χ1v) is 6.99. The standard InChI is InChI=1S/C13H16BrN3O3/c1-20-13(19)17-6-4-16(5-7-17)12(18)9-2-3-11(15)10(14)8-9/h2-3,8H,4-7,15H2,1H3. The molecule has 0 unspecified atom stereocenters. The quantitative estimate of drug-likeness (QED) is 0.786. The number of hydrogen-bond acceptors (Lipinski definition) is 4. The highest BCUT2D eigenvalue weighted by atomic mass is 79.9. The van der Waals surface area contributed by atoms with E-state index in [0.717, 1.165) is 0 Å². The highest BCUT2D eigenvalue weighted by Crippen LogP contribution is 2.21. The van der Waals surface area contributed by atoms with Gasteiger partial charge in [-0.15, -0.1) is 0 Å². The number of nitrogens with two attached hydrogens (primary N) is 1. The SMILES string of the molecule is COC(=O)N1CCN(C(=O)c2ccc(N)c(Br)c2)CC1. The molecule has 0 radical (unpaired) electrons. The third-order valence-corrected chi connectivity index (χ3v) is 3.93. The zero-order valence-electron chi connectivity index (χ0n) is 11.1. The van der Waals surface area contributed by atoms with E-state index in [0.29, 0.717) is 41.9 Å². The van der Waals surface area contributed by atoms with Gasteiger partial charge < -0.3 is 20.3 Å². The van der Waals surface area contributed by atoms with E-state index in [1.165, 1.54) is 7.11 Å². The van der Waals surface area contributed by atoms with Crippen molar-refractivity contribution in [1.29, 1.82) is 0 Å². The average Bonchev–Trinajstić information content (AvgIpc) is 2.48. The Morgan fingerprint density at radius 2 is 1.80 bits per heavy atom. The van der Waals surface area contributed by atoms with E-state index in [1.54, 1.807) is 28.0 Å². The highest BCUT2D eigenvalue weighted by molar-refractivity contribution is 9.10. The third-order valence-electron chi connectivity index (χ3n) is 3.25.